The Hall–Kier alpha value is -2.60. The van der Waals surface area contributed by atoms with Crippen LogP contribution >= 0.6 is 0 Å². The van der Waals surface area contributed by atoms with Gasteiger partial charge in [0, 0.05) is 0 Å². The summed E-state index contributed by atoms with van der Waals surface area (Å²) in [6.45, 7) is 16.2. The standard InChI is InChI=1S/C32H38/c1-8-12-22-17-24-15-16-28(23-13-10-9-11-14-23)30(29(24)18-22)25-19-26(31(2,3)4)21-27(20-25)32(5,6)7/h9-11,13-16,18-21H,8,12,17H2,1-7H3. The van der Waals surface area contributed by atoms with E-state index in [1.165, 1.54) is 57.3 Å². The summed E-state index contributed by atoms with van der Waals surface area (Å²) in [7, 11) is 0. The van der Waals surface area contributed by atoms with Crippen LogP contribution in [-0.2, 0) is 17.3 Å². The van der Waals surface area contributed by atoms with E-state index in [1.54, 1.807) is 5.57 Å². The molecular weight excluding hydrogens is 384 g/mol. The maximum atomic E-state index is 2.49. The molecular formula is C32H38. The molecule has 0 aromatic heterocycles. The van der Waals surface area contributed by atoms with Crippen LogP contribution in [0.5, 0.6) is 0 Å². The topological polar surface area (TPSA) is 0 Å². The van der Waals surface area contributed by atoms with Crippen molar-refractivity contribution in [1.29, 1.82) is 0 Å². The second-order valence-electron chi connectivity index (χ2n) is 11.5. The molecule has 1 aliphatic carbocycles. The van der Waals surface area contributed by atoms with Crippen LogP contribution in [0.4, 0.5) is 0 Å². The number of rotatable bonds is 4. The minimum Gasteiger partial charge on any atom is -0.0652 e. The molecule has 0 spiro atoms. The summed E-state index contributed by atoms with van der Waals surface area (Å²) < 4.78 is 0. The first-order chi connectivity index (χ1) is 15.1. The maximum absolute atomic E-state index is 2.49. The summed E-state index contributed by atoms with van der Waals surface area (Å²) in [5.74, 6) is 0. The monoisotopic (exact) mass is 422 g/mol. The predicted octanol–water partition coefficient (Wildman–Crippen LogP) is 9.36. The van der Waals surface area contributed by atoms with Gasteiger partial charge in [0.2, 0.25) is 0 Å². The van der Waals surface area contributed by atoms with Gasteiger partial charge in [0.1, 0.15) is 0 Å². The van der Waals surface area contributed by atoms with Crippen molar-refractivity contribution < 1.29 is 0 Å². The lowest BCUT2D eigenvalue weighted by molar-refractivity contribution is 0.569. The van der Waals surface area contributed by atoms with Crippen LogP contribution < -0.4 is 0 Å². The molecule has 0 nitrogen and oxygen atoms in total. The van der Waals surface area contributed by atoms with Gasteiger partial charge in [-0.15, -0.1) is 0 Å². The van der Waals surface area contributed by atoms with Crippen molar-refractivity contribution in [3.63, 3.8) is 0 Å². The molecule has 0 aliphatic heterocycles. The van der Waals surface area contributed by atoms with Crippen molar-refractivity contribution in [3.05, 3.63) is 88.5 Å². The van der Waals surface area contributed by atoms with Gasteiger partial charge in [-0.1, -0.05) is 127 Å². The van der Waals surface area contributed by atoms with Gasteiger partial charge in [-0.3, -0.25) is 0 Å². The lowest BCUT2D eigenvalue weighted by atomic mass is 9.77. The van der Waals surface area contributed by atoms with E-state index in [2.05, 4.69) is 115 Å². The molecule has 0 atom stereocenters. The zero-order valence-corrected chi connectivity index (χ0v) is 21.0. The highest BCUT2D eigenvalue weighted by molar-refractivity contribution is 5.92. The fraction of sp³-hybridized carbons (Fsp3) is 0.375. The smallest absolute Gasteiger partial charge is 0.00298 e. The quantitative estimate of drug-likeness (QED) is 0.393. The second kappa shape index (κ2) is 8.39. The van der Waals surface area contributed by atoms with E-state index in [4.69, 9.17) is 0 Å². The van der Waals surface area contributed by atoms with Crippen molar-refractivity contribution in [2.75, 3.05) is 0 Å². The van der Waals surface area contributed by atoms with E-state index in [0.29, 0.717) is 0 Å². The van der Waals surface area contributed by atoms with E-state index in [1.807, 2.05) is 0 Å². The van der Waals surface area contributed by atoms with Gasteiger partial charge < -0.3 is 0 Å². The number of hydrogen-bond acceptors (Lipinski definition) is 0. The number of fused-ring (bicyclic) bond motifs is 1. The second-order valence-corrected chi connectivity index (χ2v) is 11.5. The van der Waals surface area contributed by atoms with Crippen LogP contribution in [0.1, 0.15) is 83.6 Å². The van der Waals surface area contributed by atoms with E-state index >= 15 is 0 Å². The zero-order valence-electron chi connectivity index (χ0n) is 21.0. The Morgan fingerprint density at radius 3 is 1.91 bits per heavy atom. The van der Waals surface area contributed by atoms with E-state index in [9.17, 15) is 0 Å². The van der Waals surface area contributed by atoms with Gasteiger partial charge in [0.05, 0.1) is 0 Å². The third kappa shape index (κ3) is 4.46. The molecule has 0 saturated carbocycles. The molecule has 0 radical (unpaired) electrons. The Kier molecular flexibility index (Phi) is 5.93. The Morgan fingerprint density at radius 2 is 1.34 bits per heavy atom. The highest BCUT2D eigenvalue weighted by Gasteiger charge is 2.25. The van der Waals surface area contributed by atoms with Gasteiger partial charge in [-0.2, -0.15) is 0 Å². The summed E-state index contributed by atoms with van der Waals surface area (Å²) in [5.41, 5.74) is 12.9. The summed E-state index contributed by atoms with van der Waals surface area (Å²) in [6, 6.07) is 22.9. The van der Waals surface area contributed by atoms with Gasteiger partial charge in [-0.05, 0) is 68.2 Å². The Labute approximate surface area is 195 Å². The van der Waals surface area contributed by atoms with Crippen LogP contribution in [0.15, 0.2) is 66.2 Å². The highest BCUT2D eigenvalue weighted by Crippen LogP contribution is 2.44. The van der Waals surface area contributed by atoms with E-state index < -0.39 is 0 Å². The van der Waals surface area contributed by atoms with Crippen LogP contribution in [0, 0.1) is 0 Å². The van der Waals surface area contributed by atoms with Crippen molar-refractivity contribution >= 4 is 6.08 Å². The normalized spacial score (nSPS) is 13.8. The first-order valence-electron chi connectivity index (χ1n) is 12.1. The third-order valence-electron chi connectivity index (χ3n) is 6.71. The average molecular weight is 423 g/mol. The summed E-state index contributed by atoms with van der Waals surface area (Å²) in [5, 5.41) is 0. The molecule has 0 fully saturated rings. The van der Waals surface area contributed by atoms with E-state index in [-0.39, 0.29) is 10.8 Å². The van der Waals surface area contributed by atoms with Crippen LogP contribution in [0.25, 0.3) is 28.3 Å². The minimum absolute atomic E-state index is 0.101. The fourth-order valence-electron chi connectivity index (χ4n) is 4.77. The van der Waals surface area contributed by atoms with Crippen LogP contribution in [-0.4, -0.2) is 0 Å². The SMILES string of the molecule is CCCC1=Cc2c(ccc(-c3ccccc3)c2-c2cc(C(C)(C)C)cc(C(C)(C)C)c2)C1. The highest BCUT2D eigenvalue weighted by atomic mass is 14.3. The maximum Gasteiger partial charge on any atom is -0.00298 e. The van der Waals surface area contributed by atoms with Crippen molar-refractivity contribution in [2.45, 2.75) is 78.6 Å². The molecule has 0 saturated heterocycles. The molecule has 3 aromatic rings. The summed E-state index contributed by atoms with van der Waals surface area (Å²) in [6.07, 6.45) is 5.97. The van der Waals surface area contributed by atoms with Gasteiger partial charge >= 0.3 is 0 Å². The Balaban J connectivity index is 2.04. The molecule has 0 heteroatoms. The van der Waals surface area contributed by atoms with Gasteiger partial charge in [0.25, 0.3) is 0 Å². The Morgan fingerprint density at radius 1 is 0.719 bits per heavy atom. The van der Waals surface area contributed by atoms with E-state index in [0.717, 1.165) is 6.42 Å². The summed E-state index contributed by atoms with van der Waals surface area (Å²) >= 11 is 0. The summed E-state index contributed by atoms with van der Waals surface area (Å²) in [4.78, 5) is 0. The predicted molar refractivity (Wildman–Crippen MR) is 141 cm³/mol. The van der Waals surface area contributed by atoms with Crippen molar-refractivity contribution in [3.8, 4) is 22.3 Å². The molecule has 0 bridgehead atoms. The fourth-order valence-corrected chi connectivity index (χ4v) is 4.77. The molecule has 0 N–H and O–H groups in total. The molecule has 3 aromatic carbocycles. The lowest BCUT2D eigenvalue weighted by Crippen LogP contribution is -2.16. The van der Waals surface area contributed by atoms with Crippen molar-refractivity contribution in [1.82, 2.24) is 0 Å². The average Bonchev–Trinajstić information content (AvgIpc) is 3.15. The first kappa shape index (κ1) is 22.6. The largest absolute Gasteiger partial charge is 0.0652 e. The molecule has 0 amide bonds. The van der Waals surface area contributed by atoms with Crippen LogP contribution in [0.3, 0.4) is 0 Å². The molecule has 1 aliphatic rings. The lowest BCUT2D eigenvalue weighted by Gasteiger charge is -2.27. The number of hydrogen-bond donors (Lipinski definition) is 0. The van der Waals surface area contributed by atoms with Crippen molar-refractivity contribution in [2.24, 2.45) is 0 Å². The first-order valence-corrected chi connectivity index (χ1v) is 12.1. The minimum atomic E-state index is 0.101. The molecule has 0 unspecified atom stereocenters. The number of benzene rings is 3. The zero-order chi connectivity index (χ0) is 23.1. The molecule has 32 heavy (non-hydrogen) atoms. The van der Waals surface area contributed by atoms with Gasteiger partial charge in [-0.25, -0.2) is 0 Å². The third-order valence-corrected chi connectivity index (χ3v) is 6.71. The number of allylic oxidation sites excluding steroid dienone is 1. The Bertz CT molecular complexity index is 1110. The molecule has 4 rings (SSSR count). The van der Waals surface area contributed by atoms with Crippen LogP contribution in [0.2, 0.25) is 0 Å². The molecule has 0 heterocycles. The molecule has 166 valence electrons. The van der Waals surface area contributed by atoms with Gasteiger partial charge in [0.15, 0.2) is 0 Å².